The van der Waals surface area contributed by atoms with Gasteiger partial charge in [0.05, 0.1) is 4.90 Å². The van der Waals surface area contributed by atoms with Crippen molar-refractivity contribution in [1.29, 1.82) is 0 Å². The van der Waals surface area contributed by atoms with E-state index in [4.69, 9.17) is 4.74 Å². The number of benzene rings is 2. The van der Waals surface area contributed by atoms with Crippen molar-refractivity contribution in [3.05, 3.63) is 70.6 Å². The van der Waals surface area contributed by atoms with Gasteiger partial charge in [-0.3, -0.25) is 9.69 Å². The number of hydrogen-bond acceptors (Lipinski definition) is 5. The van der Waals surface area contributed by atoms with Gasteiger partial charge in [0.1, 0.15) is 11.9 Å². The van der Waals surface area contributed by atoms with E-state index >= 15 is 0 Å². The fraction of sp³-hybridized carbons (Fsp3) is 0.318. The molecular weight excluding hydrogens is 388 g/mol. The summed E-state index contributed by atoms with van der Waals surface area (Å²) >= 11 is 0. The Hall–Kier alpha value is -2.64. The van der Waals surface area contributed by atoms with Gasteiger partial charge in [-0.05, 0) is 66.7 Å². The summed E-state index contributed by atoms with van der Waals surface area (Å²) in [7, 11) is -3.17. The van der Waals surface area contributed by atoms with Gasteiger partial charge in [0.25, 0.3) is 5.56 Å². The second-order valence-corrected chi connectivity index (χ2v) is 9.60. The Labute approximate surface area is 170 Å². The van der Waals surface area contributed by atoms with Crippen molar-refractivity contribution in [3.63, 3.8) is 0 Å². The number of aromatic nitrogens is 1. The van der Waals surface area contributed by atoms with Gasteiger partial charge in [0, 0.05) is 30.9 Å². The summed E-state index contributed by atoms with van der Waals surface area (Å²) in [6.45, 7) is 2.55. The number of sulfone groups is 1. The SMILES string of the molecule is CS(=O)(=O)c1ccc(CN2CCCC(Oc3ccc4c(=O)[nH]ccc4c3)C2)cc1. The number of nitrogens with zero attached hydrogens (tertiary/aromatic N) is 1. The normalized spacial score (nSPS) is 18.0. The maximum atomic E-state index is 11.8. The van der Waals surface area contributed by atoms with Crippen LogP contribution in [0, 0.1) is 0 Å². The number of fused-ring (bicyclic) bond motifs is 1. The number of piperidine rings is 1. The van der Waals surface area contributed by atoms with Crippen molar-refractivity contribution >= 4 is 20.6 Å². The van der Waals surface area contributed by atoms with E-state index < -0.39 is 9.84 Å². The van der Waals surface area contributed by atoms with Crippen molar-refractivity contribution in [1.82, 2.24) is 9.88 Å². The third kappa shape index (κ3) is 4.68. The van der Waals surface area contributed by atoms with Gasteiger partial charge >= 0.3 is 0 Å². The van der Waals surface area contributed by atoms with Crippen LogP contribution >= 0.6 is 0 Å². The smallest absolute Gasteiger partial charge is 0.255 e. The molecule has 1 atom stereocenters. The van der Waals surface area contributed by atoms with Gasteiger partial charge in [-0.2, -0.15) is 0 Å². The highest BCUT2D eigenvalue weighted by Gasteiger charge is 2.21. The minimum Gasteiger partial charge on any atom is -0.489 e. The van der Waals surface area contributed by atoms with Crippen LogP contribution in [0.3, 0.4) is 0 Å². The molecule has 6 nitrogen and oxygen atoms in total. The van der Waals surface area contributed by atoms with Crippen LogP contribution in [0.4, 0.5) is 0 Å². The third-order valence-electron chi connectivity index (χ3n) is 5.27. The van der Waals surface area contributed by atoms with Gasteiger partial charge in [0.2, 0.25) is 0 Å². The zero-order valence-electron chi connectivity index (χ0n) is 16.3. The first-order chi connectivity index (χ1) is 13.9. The molecule has 1 aliphatic heterocycles. The van der Waals surface area contributed by atoms with Gasteiger partial charge in [-0.1, -0.05) is 12.1 Å². The molecular formula is C22H24N2O4S. The molecule has 0 radical (unpaired) electrons. The van der Waals surface area contributed by atoms with Crippen LogP contribution in [-0.4, -0.2) is 43.8 Å². The molecule has 7 heteroatoms. The molecule has 1 fully saturated rings. The number of H-pyrrole nitrogens is 1. The van der Waals surface area contributed by atoms with Crippen molar-refractivity contribution in [2.75, 3.05) is 19.3 Å². The highest BCUT2D eigenvalue weighted by Crippen LogP contribution is 2.23. The topological polar surface area (TPSA) is 79.5 Å². The van der Waals surface area contributed by atoms with Crippen LogP contribution in [-0.2, 0) is 16.4 Å². The fourth-order valence-electron chi connectivity index (χ4n) is 3.79. The molecule has 152 valence electrons. The average Bonchev–Trinajstić information content (AvgIpc) is 2.68. The lowest BCUT2D eigenvalue weighted by Gasteiger charge is -2.33. The first-order valence-electron chi connectivity index (χ1n) is 9.68. The van der Waals surface area contributed by atoms with Crippen molar-refractivity contribution in [2.24, 2.45) is 0 Å². The summed E-state index contributed by atoms with van der Waals surface area (Å²) in [4.78, 5) is 17.2. The highest BCUT2D eigenvalue weighted by atomic mass is 32.2. The number of nitrogens with one attached hydrogen (secondary N) is 1. The Kier molecular flexibility index (Phi) is 5.43. The molecule has 1 aromatic heterocycles. The van der Waals surface area contributed by atoms with E-state index in [2.05, 4.69) is 9.88 Å². The number of aromatic amines is 1. The molecule has 0 amide bonds. The Morgan fingerprint density at radius 3 is 2.69 bits per heavy atom. The lowest BCUT2D eigenvalue weighted by atomic mass is 10.1. The molecule has 2 heterocycles. The summed E-state index contributed by atoms with van der Waals surface area (Å²) in [5.74, 6) is 0.771. The molecule has 0 saturated carbocycles. The lowest BCUT2D eigenvalue weighted by Crippen LogP contribution is -2.40. The number of likely N-dealkylation sites (tertiary alicyclic amines) is 1. The zero-order valence-corrected chi connectivity index (χ0v) is 17.1. The summed E-state index contributed by atoms with van der Waals surface area (Å²) in [5, 5.41) is 1.52. The molecule has 0 spiro atoms. The van der Waals surface area contributed by atoms with E-state index in [9.17, 15) is 13.2 Å². The van der Waals surface area contributed by atoms with Gasteiger partial charge < -0.3 is 9.72 Å². The van der Waals surface area contributed by atoms with Crippen molar-refractivity contribution in [2.45, 2.75) is 30.4 Å². The minimum atomic E-state index is -3.17. The van der Waals surface area contributed by atoms with Crippen LogP contribution in [0.1, 0.15) is 18.4 Å². The quantitative estimate of drug-likeness (QED) is 0.697. The lowest BCUT2D eigenvalue weighted by molar-refractivity contribution is 0.0844. The first kappa shape index (κ1) is 19.7. The standard InChI is InChI=1S/C22H24N2O4S/c1-29(26,27)20-7-4-16(5-8-20)14-24-12-2-3-19(15-24)28-18-6-9-21-17(13-18)10-11-23-22(21)25/h4-11,13,19H,2-3,12,14-15H2,1H3,(H,23,25). The molecule has 0 bridgehead atoms. The number of pyridine rings is 1. The third-order valence-corrected chi connectivity index (χ3v) is 6.40. The second-order valence-electron chi connectivity index (χ2n) is 7.59. The maximum Gasteiger partial charge on any atom is 0.255 e. The Bertz CT molecular complexity index is 1170. The second kappa shape index (κ2) is 8.00. The van der Waals surface area contributed by atoms with E-state index in [-0.39, 0.29) is 11.7 Å². The summed E-state index contributed by atoms with van der Waals surface area (Å²) < 4.78 is 29.4. The molecule has 0 aliphatic carbocycles. The molecule has 1 saturated heterocycles. The molecule has 1 aliphatic rings. The highest BCUT2D eigenvalue weighted by molar-refractivity contribution is 7.90. The van der Waals surface area contributed by atoms with Crippen molar-refractivity contribution in [3.8, 4) is 5.75 Å². The average molecular weight is 413 g/mol. The van der Waals surface area contributed by atoms with Crippen LogP contribution in [0.15, 0.2) is 64.4 Å². The van der Waals surface area contributed by atoms with E-state index in [1.165, 1.54) is 6.26 Å². The first-order valence-corrected chi connectivity index (χ1v) is 11.6. The summed E-state index contributed by atoms with van der Waals surface area (Å²) in [6, 6.07) is 14.5. The summed E-state index contributed by atoms with van der Waals surface area (Å²) in [5.41, 5.74) is 0.989. The zero-order chi connectivity index (χ0) is 20.4. The molecule has 4 rings (SSSR count). The molecule has 1 unspecified atom stereocenters. The van der Waals surface area contributed by atoms with Crippen LogP contribution in [0.25, 0.3) is 10.8 Å². The number of rotatable bonds is 5. The van der Waals surface area contributed by atoms with Gasteiger partial charge in [-0.15, -0.1) is 0 Å². The Morgan fingerprint density at radius 1 is 1.14 bits per heavy atom. The van der Waals surface area contributed by atoms with E-state index in [1.807, 2.05) is 30.3 Å². The molecule has 1 N–H and O–H groups in total. The number of ether oxygens (including phenoxy) is 1. The summed E-state index contributed by atoms with van der Waals surface area (Å²) in [6.07, 6.45) is 4.97. The van der Waals surface area contributed by atoms with Gasteiger partial charge in [-0.25, -0.2) is 8.42 Å². The van der Waals surface area contributed by atoms with E-state index in [1.54, 1.807) is 24.4 Å². The molecule has 2 aromatic carbocycles. The maximum absolute atomic E-state index is 11.8. The largest absolute Gasteiger partial charge is 0.489 e. The Morgan fingerprint density at radius 2 is 1.93 bits per heavy atom. The van der Waals surface area contributed by atoms with Crippen LogP contribution in [0.2, 0.25) is 0 Å². The van der Waals surface area contributed by atoms with Gasteiger partial charge in [0.15, 0.2) is 9.84 Å². The molecule has 3 aromatic rings. The minimum absolute atomic E-state index is 0.0819. The molecule has 29 heavy (non-hydrogen) atoms. The monoisotopic (exact) mass is 412 g/mol. The van der Waals surface area contributed by atoms with E-state index in [0.29, 0.717) is 10.3 Å². The predicted octanol–water partition coefficient (Wildman–Crippen LogP) is 2.98. The van der Waals surface area contributed by atoms with Crippen LogP contribution < -0.4 is 10.3 Å². The Balaban J connectivity index is 1.41. The van der Waals surface area contributed by atoms with Crippen molar-refractivity contribution < 1.29 is 13.2 Å². The van der Waals surface area contributed by atoms with E-state index in [0.717, 1.165) is 49.2 Å². The predicted molar refractivity (Wildman–Crippen MR) is 113 cm³/mol. The van der Waals surface area contributed by atoms with Crippen LogP contribution in [0.5, 0.6) is 5.75 Å². The fourth-order valence-corrected chi connectivity index (χ4v) is 4.42. The number of hydrogen-bond donors (Lipinski definition) is 1.